The van der Waals surface area contributed by atoms with E-state index in [4.69, 9.17) is 5.73 Å². The number of hydrogen-bond donors (Lipinski definition) is 1. The molecule has 120 valence electrons. The molecular formula is C15H23N5O2. The van der Waals surface area contributed by atoms with Crippen molar-refractivity contribution in [2.45, 2.75) is 51.0 Å². The molecule has 2 heterocycles. The lowest BCUT2D eigenvalue weighted by Gasteiger charge is -2.30. The molecular weight excluding hydrogens is 282 g/mol. The summed E-state index contributed by atoms with van der Waals surface area (Å²) in [5.74, 6) is -0.720. The fraction of sp³-hybridized carbons (Fsp3) is 0.733. The zero-order valence-corrected chi connectivity index (χ0v) is 12.8. The first-order valence-corrected chi connectivity index (χ1v) is 8.15. The highest BCUT2D eigenvalue weighted by Crippen LogP contribution is 2.27. The van der Waals surface area contributed by atoms with E-state index in [1.165, 1.54) is 19.3 Å². The number of likely N-dealkylation sites (tertiary alicyclic amines) is 1. The fourth-order valence-electron chi connectivity index (χ4n) is 3.45. The van der Waals surface area contributed by atoms with Gasteiger partial charge in [0.2, 0.25) is 5.91 Å². The van der Waals surface area contributed by atoms with Crippen LogP contribution in [0.15, 0.2) is 6.20 Å². The van der Waals surface area contributed by atoms with Crippen molar-refractivity contribution in [3.05, 3.63) is 11.9 Å². The molecule has 2 fully saturated rings. The smallest absolute Gasteiger partial charge is 0.276 e. The van der Waals surface area contributed by atoms with E-state index in [9.17, 15) is 9.59 Å². The third-order valence-electron chi connectivity index (χ3n) is 4.79. The van der Waals surface area contributed by atoms with Crippen LogP contribution in [0.4, 0.5) is 0 Å². The number of piperidine rings is 1. The van der Waals surface area contributed by atoms with Gasteiger partial charge in [-0.15, -0.1) is 5.10 Å². The maximum absolute atomic E-state index is 12.5. The predicted octanol–water partition coefficient (Wildman–Crippen LogP) is 1.12. The summed E-state index contributed by atoms with van der Waals surface area (Å²) in [6.45, 7) is 1.04. The van der Waals surface area contributed by atoms with Crippen LogP contribution in [0.25, 0.3) is 0 Å². The van der Waals surface area contributed by atoms with Crippen molar-refractivity contribution in [3.8, 4) is 0 Å². The molecule has 2 N–H and O–H groups in total. The third kappa shape index (κ3) is 3.13. The summed E-state index contributed by atoms with van der Waals surface area (Å²) in [6.07, 6.45) is 9.21. The Morgan fingerprint density at radius 3 is 2.64 bits per heavy atom. The van der Waals surface area contributed by atoms with Gasteiger partial charge in [0.15, 0.2) is 5.69 Å². The first kappa shape index (κ1) is 15.0. The molecule has 1 aliphatic heterocycles. The fourth-order valence-corrected chi connectivity index (χ4v) is 3.45. The predicted molar refractivity (Wildman–Crippen MR) is 80.0 cm³/mol. The molecule has 7 heteroatoms. The van der Waals surface area contributed by atoms with Gasteiger partial charge in [-0.3, -0.25) is 9.59 Å². The van der Waals surface area contributed by atoms with E-state index in [0.29, 0.717) is 24.8 Å². The van der Waals surface area contributed by atoms with Crippen molar-refractivity contribution in [2.75, 3.05) is 13.1 Å². The average molecular weight is 305 g/mol. The van der Waals surface area contributed by atoms with Crippen molar-refractivity contribution in [3.63, 3.8) is 0 Å². The van der Waals surface area contributed by atoms with Gasteiger partial charge in [-0.25, -0.2) is 4.68 Å². The molecule has 1 aromatic heterocycles. The number of primary amides is 1. The van der Waals surface area contributed by atoms with Gasteiger partial charge in [-0.05, 0) is 25.7 Å². The van der Waals surface area contributed by atoms with Gasteiger partial charge >= 0.3 is 0 Å². The number of carbonyl (C=O) groups is 2. The van der Waals surface area contributed by atoms with Gasteiger partial charge in [0.05, 0.1) is 18.2 Å². The lowest BCUT2D eigenvalue weighted by Crippen LogP contribution is -2.44. The summed E-state index contributed by atoms with van der Waals surface area (Å²) in [5.41, 5.74) is 5.73. The molecule has 3 rings (SSSR count). The summed E-state index contributed by atoms with van der Waals surface area (Å²) in [6, 6.07) is 0.363. The second-order valence-electron chi connectivity index (χ2n) is 6.37. The standard InChI is InChI=1S/C15H23N5O2/c16-14(21)11-5-4-8-19(9-11)15(22)13-10-20(18-17-13)12-6-2-1-3-7-12/h10-12H,1-9H2,(H2,16,21). The topological polar surface area (TPSA) is 94.1 Å². The Morgan fingerprint density at radius 1 is 1.14 bits per heavy atom. The van der Waals surface area contributed by atoms with Crippen molar-refractivity contribution in [1.82, 2.24) is 19.9 Å². The van der Waals surface area contributed by atoms with Gasteiger partial charge in [-0.1, -0.05) is 24.5 Å². The van der Waals surface area contributed by atoms with Gasteiger partial charge in [0, 0.05) is 13.1 Å². The first-order valence-electron chi connectivity index (χ1n) is 8.15. The van der Waals surface area contributed by atoms with Crippen LogP contribution >= 0.6 is 0 Å². The molecule has 0 aromatic carbocycles. The Bertz CT molecular complexity index is 550. The first-order chi connectivity index (χ1) is 10.6. The number of hydrogen-bond acceptors (Lipinski definition) is 4. The second kappa shape index (κ2) is 6.46. The molecule has 0 spiro atoms. The van der Waals surface area contributed by atoms with E-state index >= 15 is 0 Å². The van der Waals surface area contributed by atoms with Gasteiger partial charge in [-0.2, -0.15) is 0 Å². The minimum Gasteiger partial charge on any atom is -0.369 e. The van der Waals surface area contributed by atoms with E-state index in [-0.39, 0.29) is 17.7 Å². The number of aromatic nitrogens is 3. The maximum Gasteiger partial charge on any atom is 0.276 e. The highest BCUT2D eigenvalue weighted by molar-refractivity contribution is 5.92. The van der Waals surface area contributed by atoms with Crippen LogP contribution in [0.5, 0.6) is 0 Å². The number of nitrogens with two attached hydrogens (primary N) is 1. The number of carbonyl (C=O) groups excluding carboxylic acids is 2. The summed E-state index contributed by atoms with van der Waals surface area (Å²) >= 11 is 0. The maximum atomic E-state index is 12.5. The number of amides is 2. The Morgan fingerprint density at radius 2 is 1.91 bits per heavy atom. The molecule has 2 amide bonds. The Balaban J connectivity index is 1.67. The van der Waals surface area contributed by atoms with Crippen LogP contribution in [0.2, 0.25) is 0 Å². The number of rotatable bonds is 3. The molecule has 0 radical (unpaired) electrons. The van der Waals surface area contributed by atoms with Crippen LogP contribution in [0, 0.1) is 5.92 Å². The molecule has 1 unspecified atom stereocenters. The van der Waals surface area contributed by atoms with Crippen molar-refractivity contribution in [1.29, 1.82) is 0 Å². The van der Waals surface area contributed by atoms with Crippen molar-refractivity contribution >= 4 is 11.8 Å². The average Bonchev–Trinajstić information content (AvgIpc) is 3.05. The molecule has 1 saturated heterocycles. The highest BCUT2D eigenvalue weighted by atomic mass is 16.2. The summed E-state index contributed by atoms with van der Waals surface area (Å²) in [7, 11) is 0. The minimum absolute atomic E-state index is 0.145. The number of nitrogens with zero attached hydrogens (tertiary/aromatic N) is 4. The SMILES string of the molecule is NC(=O)C1CCCN(C(=O)c2cn(C3CCCCC3)nn2)C1. The normalized spacial score (nSPS) is 23.5. The molecule has 2 aliphatic rings. The van der Waals surface area contributed by atoms with Crippen LogP contribution < -0.4 is 5.73 Å². The lowest BCUT2D eigenvalue weighted by molar-refractivity contribution is -0.123. The zero-order valence-electron chi connectivity index (χ0n) is 12.8. The van der Waals surface area contributed by atoms with Crippen LogP contribution in [-0.2, 0) is 4.79 Å². The van der Waals surface area contributed by atoms with E-state index in [0.717, 1.165) is 25.7 Å². The van der Waals surface area contributed by atoms with Crippen LogP contribution in [-0.4, -0.2) is 44.8 Å². The molecule has 1 saturated carbocycles. The Labute approximate surface area is 129 Å². The van der Waals surface area contributed by atoms with Crippen molar-refractivity contribution in [2.24, 2.45) is 11.7 Å². The van der Waals surface area contributed by atoms with E-state index < -0.39 is 0 Å². The van der Waals surface area contributed by atoms with Gasteiger partial charge in [0.1, 0.15) is 0 Å². The summed E-state index contributed by atoms with van der Waals surface area (Å²) < 4.78 is 1.84. The summed E-state index contributed by atoms with van der Waals surface area (Å²) in [5, 5.41) is 8.18. The molecule has 1 aliphatic carbocycles. The molecule has 0 bridgehead atoms. The summed E-state index contributed by atoms with van der Waals surface area (Å²) in [4.78, 5) is 25.5. The van der Waals surface area contributed by atoms with Crippen molar-refractivity contribution < 1.29 is 9.59 Å². The largest absolute Gasteiger partial charge is 0.369 e. The highest BCUT2D eigenvalue weighted by Gasteiger charge is 2.29. The Kier molecular flexibility index (Phi) is 4.40. The van der Waals surface area contributed by atoms with E-state index in [1.54, 1.807) is 11.1 Å². The molecule has 7 nitrogen and oxygen atoms in total. The van der Waals surface area contributed by atoms with E-state index in [2.05, 4.69) is 10.3 Å². The van der Waals surface area contributed by atoms with Gasteiger partial charge < -0.3 is 10.6 Å². The second-order valence-corrected chi connectivity index (χ2v) is 6.37. The third-order valence-corrected chi connectivity index (χ3v) is 4.79. The minimum atomic E-state index is -0.330. The molecule has 1 atom stereocenters. The van der Waals surface area contributed by atoms with E-state index in [1.807, 2.05) is 4.68 Å². The Hall–Kier alpha value is -1.92. The molecule has 1 aromatic rings. The quantitative estimate of drug-likeness (QED) is 0.905. The zero-order chi connectivity index (χ0) is 15.5. The molecule has 22 heavy (non-hydrogen) atoms. The van der Waals surface area contributed by atoms with Crippen LogP contribution in [0.3, 0.4) is 0 Å². The monoisotopic (exact) mass is 305 g/mol. The van der Waals surface area contributed by atoms with Gasteiger partial charge in [0.25, 0.3) is 5.91 Å². The van der Waals surface area contributed by atoms with Crippen LogP contribution in [0.1, 0.15) is 61.5 Å². The lowest BCUT2D eigenvalue weighted by atomic mass is 9.96.